The van der Waals surface area contributed by atoms with Crippen molar-refractivity contribution in [1.82, 2.24) is 0 Å². The predicted molar refractivity (Wildman–Crippen MR) is 264 cm³/mol. The molecule has 7 rings (SSSR count). The van der Waals surface area contributed by atoms with E-state index in [2.05, 4.69) is 89.4 Å². The molecule has 8 nitrogen and oxygen atoms in total. The minimum absolute atomic E-state index is 0.599. The van der Waals surface area contributed by atoms with Crippen LogP contribution in [-0.2, 0) is 12.8 Å². The lowest BCUT2D eigenvalue weighted by Crippen LogP contribution is -2.23. The highest BCUT2D eigenvalue weighted by Gasteiger charge is 2.35. The lowest BCUT2D eigenvalue weighted by molar-refractivity contribution is 0.412. The van der Waals surface area contributed by atoms with Crippen LogP contribution in [0.2, 0.25) is 0 Å². The zero-order valence-corrected chi connectivity index (χ0v) is 42.1. The second kappa shape index (κ2) is 21.7. The average Bonchev–Trinajstić information content (AvgIpc) is 3.44. The maximum atomic E-state index is 7.60. The summed E-state index contributed by atoms with van der Waals surface area (Å²) in [6, 6.07) is 16.5. The minimum atomic E-state index is -2.04. The van der Waals surface area contributed by atoms with Crippen LogP contribution >= 0.6 is 61.6 Å². The van der Waals surface area contributed by atoms with Crippen LogP contribution in [0, 0.1) is 7.14 Å². The Bertz CT molecular complexity index is 2270. The number of hydrogen-bond donors (Lipinski definition) is 0. The van der Waals surface area contributed by atoms with Gasteiger partial charge in [0.2, 0.25) is 0 Å². The van der Waals surface area contributed by atoms with E-state index in [0.29, 0.717) is 22.7 Å². The molecule has 0 saturated heterocycles. The van der Waals surface area contributed by atoms with Crippen molar-refractivity contribution in [2.75, 3.05) is 28.4 Å². The first kappa shape index (κ1) is 45.5. The Hall–Kier alpha value is -2.53. The summed E-state index contributed by atoms with van der Waals surface area (Å²) in [6.45, 7) is 4.42. The number of unbranched alkanes of at least 4 members (excludes halogenated alkanes) is 2. The molecule has 0 N–H and O–H groups in total. The summed E-state index contributed by atoms with van der Waals surface area (Å²) in [5.74, 6) is 4.63. The van der Waals surface area contributed by atoms with Crippen molar-refractivity contribution < 1.29 is 36.4 Å². The number of hydrogen-bond acceptors (Lipinski definition) is 8. The monoisotopic (exact) mass is 1080 g/mol. The normalized spacial score (nSPS) is 15.4. The topological polar surface area (TPSA) is 81.7 Å². The van der Waals surface area contributed by atoms with Gasteiger partial charge in [0.05, 0.1) is 43.7 Å². The van der Waals surface area contributed by atoms with Gasteiger partial charge in [-0.05, 0) is 156 Å². The average molecular weight is 1080 g/mol. The Kier molecular flexibility index (Phi) is 16.5. The van der Waals surface area contributed by atoms with Gasteiger partial charge in [0.15, 0.2) is 5.58 Å². The van der Waals surface area contributed by atoms with Crippen LogP contribution in [0.4, 0.5) is 0 Å². The SMILES string of the molecule is CCCCc1cc(OC)cc(-c2cc(OC)cc(I)c2OP(C2CCCCC2)C2CCCCC2)c1Op1oc2c(I)cc(OC)cc2c2cc(OC)cc(CCCC)c2o1. The van der Waals surface area contributed by atoms with E-state index in [0.717, 1.165) is 113 Å². The maximum absolute atomic E-state index is 7.60. The standard InChI is InChI=1S/C48H60I2O8P2/c1-7-9-17-31-23-33(51-3)25-39(41-27-35(53-5)29-43(49)47(41)55-59(37-19-13-11-14-20-37)38-21-15-12-16-22-38)45(31)56-60-57-46-32(18-10-8-2)24-34(52-4)26-40(46)42-28-36(54-6)30-44(50)48(42)58-60/h23-30,37-38H,7-22H2,1-6H3. The van der Waals surface area contributed by atoms with Crippen molar-refractivity contribution >= 4 is 83.5 Å². The van der Waals surface area contributed by atoms with Gasteiger partial charge in [-0.2, -0.15) is 0 Å². The van der Waals surface area contributed by atoms with E-state index in [1.165, 1.54) is 64.2 Å². The second-order valence-corrected chi connectivity index (χ2v) is 21.7. The molecule has 4 aromatic carbocycles. The highest BCUT2D eigenvalue weighted by Crippen LogP contribution is 2.59. The molecule has 0 aliphatic heterocycles. The molecule has 1 atom stereocenters. The molecule has 2 saturated carbocycles. The van der Waals surface area contributed by atoms with Crippen molar-refractivity contribution in [3.05, 3.63) is 66.8 Å². The molecule has 0 bridgehead atoms. The predicted octanol–water partition coefficient (Wildman–Crippen LogP) is 16.2. The molecule has 0 spiro atoms. The molecule has 60 heavy (non-hydrogen) atoms. The molecule has 1 heterocycles. The molecule has 5 aromatic rings. The van der Waals surface area contributed by atoms with Gasteiger partial charge < -0.3 is 36.4 Å². The number of methoxy groups -OCH3 is 4. The molecule has 2 aliphatic carbocycles. The number of fused-ring (bicyclic) bond motifs is 3. The zero-order chi connectivity index (χ0) is 42.2. The number of benzene rings is 4. The van der Waals surface area contributed by atoms with E-state index >= 15 is 0 Å². The molecular weight excluding hydrogens is 1020 g/mol. The van der Waals surface area contributed by atoms with Gasteiger partial charge >= 0.3 is 8.24 Å². The molecule has 0 amide bonds. The molecule has 2 fully saturated rings. The summed E-state index contributed by atoms with van der Waals surface area (Å²) >= 11 is 4.78. The molecule has 1 unspecified atom stereocenters. The van der Waals surface area contributed by atoms with Crippen molar-refractivity contribution in [1.29, 1.82) is 0 Å². The van der Waals surface area contributed by atoms with Crippen LogP contribution < -0.4 is 28.0 Å². The molecule has 2 aliphatic rings. The van der Waals surface area contributed by atoms with Gasteiger partial charge in [-0.25, -0.2) is 0 Å². The van der Waals surface area contributed by atoms with Gasteiger partial charge in [-0.1, -0.05) is 65.2 Å². The Morgan fingerprint density at radius 1 is 0.567 bits per heavy atom. The molecule has 12 heteroatoms. The summed E-state index contributed by atoms with van der Waals surface area (Å²) in [7, 11) is 4.10. The first-order chi connectivity index (χ1) is 29.3. The Labute approximate surface area is 385 Å². The summed E-state index contributed by atoms with van der Waals surface area (Å²) < 4.78 is 54.5. The molecular formula is C48H60I2O8P2. The fourth-order valence-corrected chi connectivity index (χ4v) is 14.7. The first-order valence-corrected chi connectivity index (χ1v) is 26.4. The van der Waals surface area contributed by atoms with Gasteiger partial charge in [-0.15, -0.1) is 0 Å². The fourth-order valence-electron chi connectivity index (χ4n) is 8.74. The summed E-state index contributed by atoms with van der Waals surface area (Å²) in [4.78, 5) is 0. The fraction of sp³-hybridized carbons (Fsp3) is 0.500. The van der Waals surface area contributed by atoms with Crippen molar-refractivity contribution in [3.8, 4) is 45.6 Å². The smallest absolute Gasteiger partial charge is 0.453 e. The zero-order valence-electron chi connectivity index (χ0n) is 36.0. The van der Waals surface area contributed by atoms with E-state index in [-0.39, 0.29) is 0 Å². The third-order valence-electron chi connectivity index (χ3n) is 12.0. The summed E-state index contributed by atoms with van der Waals surface area (Å²) in [6.07, 6.45) is 18.4. The van der Waals surface area contributed by atoms with Gasteiger partial charge in [0.1, 0.15) is 40.1 Å². The highest BCUT2D eigenvalue weighted by molar-refractivity contribution is 14.1. The molecule has 324 valence electrons. The van der Waals surface area contributed by atoms with Crippen LogP contribution in [0.25, 0.3) is 33.1 Å². The largest absolute Gasteiger partial charge is 0.497 e. The Morgan fingerprint density at radius 2 is 1.03 bits per heavy atom. The van der Waals surface area contributed by atoms with Crippen LogP contribution in [0.15, 0.2) is 56.9 Å². The lowest BCUT2D eigenvalue weighted by Gasteiger charge is -2.38. The van der Waals surface area contributed by atoms with Gasteiger partial charge in [0.25, 0.3) is 0 Å². The Morgan fingerprint density at radius 3 is 1.62 bits per heavy atom. The number of aryl methyl sites for hydroxylation is 2. The van der Waals surface area contributed by atoms with E-state index in [9.17, 15) is 0 Å². The third-order valence-corrected chi connectivity index (χ3v) is 17.5. The van der Waals surface area contributed by atoms with Crippen molar-refractivity contribution in [2.24, 2.45) is 0 Å². The summed E-state index contributed by atoms with van der Waals surface area (Å²) in [5, 5.41) is 1.76. The molecule has 0 radical (unpaired) electrons. The van der Waals surface area contributed by atoms with Gasteiger partial charge in [-0.3, -0.25) is 0 Å². The number of halogens is 2. The molecule has 1 aromatic heterocycles. The lowest BCUT2D eigenvalue weighted by atomic mass is 9.97. The quantitative estimate of drug-likeness (QED) is 0.0673. The number of ether oxygens (including phenoxy) is 4. The first-order valence-electron chi connectivity index (χ1n) is 21.8. The van der Waals surface area contributed by atoms with Crippen molar-refractivity contribution in [2.45, 2.75) is 128 Å². The van der Waals surface area contributed by atoms with Crippen LogP contribution in [-0.4, -0.2) is 39.8 Å². The van der Waals surface area contributed by atoms with Crippen LogP contribution in [0.1, 0.15) is 115 Å². The summed E-state index contributed by atoms with van der Waals surface area (Å²) in [5.41, 5.74) is 6.52. The second-order valence-electron chi connectivity index (χ2n) is 16.0. The third kappa shape index (κ3) is 10.5. The highest BCUT2D eigenvalue weighted by atomic mass is 127. The van der Waals surface area contributed by atoms with E-state index in [4.69, 9.17) is 36.4 Å². The van der Waals surface area contributed by atoms with E-state index < -0.39 is 16.4 Å². The number of rotatable bonds is 17. The Balaban J connectivity index is 1.48. The van der Waals surface area contributed by atoms with E-state index in [1.807, 2.05) is 18.2 Å². The van der Waals surface area contributed by atoms with E-state index in [1.54, 1.807) is 28.4 Å². The maximum Gasteiger partial charge on any atom is 0.453 e. The van der Waals surface area contributed by atoms with Gasteiger partial charge in [0, 0.05) is 33.2 Å². The van der Waals surface area contributed by atoms with Crippen LogP contribution in [0.3, 0.4) is 0 Å². The minimum Gasteiger partial charge on any atom is -0.497 e. The van der Waals surface area contributed by atoms with Crippen molar-refractivity contribution in [3.63, 3.8) is 0 Å². The van der Waals surface area contributed by atoms with Crippen LogP contribution in [0.5, 0.6) is 34.5 Å².